The Morgan fingerprint density at radius 3 is 1.84 bits per heavy atom. The number of benzene rings is 2. The molecule has 15 nitrogen and oxygen atoms in total. The number of aromatic nitrogens is 4. The molecule has 5 heterocycles. The van der Waals surface area contributed by atoms with E-state index in [4.69, 9.17) is 19.3 Å². The number of H-pyrrole nitrogens is 2. The number of thioether (sulfide) groups is 1. The molecule has 6 atom stereocenters. The molecule has 3 aliphatic heterocycles. The molecule has 7 rings (SSSR count). The summed E-state index contributed by atoms with van der Waals surface area (Å²) < 4.78 is 14.8. The third kappa shape index (κ3) is 17.7. The van der Waals surface area contributed by atoms with E-state index in [-0.39, 0.29) is 30.0 Å². The number of likely N-dealkylation sites (N-methyl/N-ethyl adjacent to an activating group) is 2. The molecule has 0 radical (unpaired) electrons. The molecule has 16 heteroatoms. The Morgan fingerprint density at radius 1 is 0.824 bits per heavy atom. The molecule has 2 aromatic carbocycles. The number of imidazole rings is 2. The molecule has 4 N–H and O–H groups in total. The number of carbonyl (C=O) groups excluding carboxylic acids is 4. The molecule has 4 aromatic rings. The van der Waals surface area contributed by atoms with Crippen molar-refractivity contribution >= 4 is 36.7 Å². The fraction of sp³-hybridized carbons (Fsp3) is 0.577. The summed E-state index contributed by atoms with van der Waals surface area (Å²) in [4.78, 5) is 63.4. The quantitative estimate of drug-likeness (QED) is 0.0620. The van der Waals surface area contributed by atoms with E-state index < -0.39 is 0 Å². The summed E-state index contributed by atoms with van der Waals surface area (Å²) in [7, 11) is 7.21. The molecule has 3 saturated heterocycles. The minimum absolute atomic E-state index is 0.0201. The fourth-order valence-electron chi connectivity index (χ4n) is 8.65. The molecule has 2 aromatic heterocycles. The number of aromatic amines is 2. The van der Waals surface area contributed by atoms with Crippen molar-refractivity contribution in [3.8, 4) is 33.6 Å². The highest BCUT2D eigenvalue weighted by Gasteiger charge is 2.34. The minimum atomic E-state index is -0.233. The number of rotatable bonds is 16. The molecule has 0 bridgehead atoms. The first kappa shape index (κ1) is 57.6. The van der Waals surface area contributed by atoms with Gasteiger partial charge in [-0.05, 0) is 126 Å². The zero-order valence-electron chi connectivity index (χ0n) is 42.1. The average Bonchev–Trinajstić information content (AvgIpc) is 4.08. The van der Waals surface area contributed by atoms with E-state index in [1.165, 1.54) is 13.5 Å². The number of hydrogen-bond donors (Lipinski definition) is 4. The van der Waals surface area contributed by atoms with Crippen molar-refractivity contribution in [3.05, 3.63) is 72.6 Å². The van der Waals surface area contributed by atoms with Crippen molar-refractivity contribution in [2.45, 2.75) is 110 Å². The number of amides is 1. The summed E-state index contributed by atoms with van der Waals surface area (Å²) in [6.07, 6.45) is 16.8. The van der Waals surface area contributed by atoms with Crippen molar-refractivity contribution in [2.24, 2.45) is 11.8 Å². The smallest absolute Gasteiger partial charge is 0.292 e. The van der Waals surface area contributed by atoms with Crippen molar-refractivity contribution < 1.29 is 33.4 Å². The van der Waals surface area contributed by atoms with Crippen LogP contribution in [0.1, 0.15) is 109 Å². The van der Waals surface area contributed by atoms with E-state index in [0.717, 1.165) is 129 Å². The molecule has 0 aliphatic carbocycles. The van der Waals surface area contributed by atoms with E-state index in [1.54, 1.807) is 11.8 Å². The monoisotopic (exact) mass is 961 g/mol. The molecular weight excluding hydrogens is 881 g/mol. The van der Waals surface area contributed by atoms with Gasteiger partial charge in [0.1, 0.15) is 24.2 Å². The maximum absolute atomic E-state index is 13.9. The number of nitrogens with zero attached hydrogens (tertiary/aromatic N) is 4. The first-order valence-corrected chi connectivity index (χ1v) is 25.7. The average molecular weight is 961 g/mol. The van der Waals surface area contributed by atoms with Gasteiger partial charge < -0.3 is 49.3 Å². The van der Waals surface area contributed by atoms with Crippen LogP contribution in [-0.2, 0) is 33.4 Å². The van der Waals surface area contributed by atoms with Gasteiger partial charge in [-0.1, -0.05) is 69.3 Å². The van der Waals surface area contributed by atoms with Crippen molar-refractivity contribution in [3.63, 3.8) is 0 Å². The lowest BCUT2D eigenvalue weighted by molar-refractivity contribution is -0.136. The molecular formula is C52H80N8O7S. The highest BCUT2D eigenvalue weighted by Crippen LogP contribution is 2.32. The standard InChI is InChI=1S/C36H47N7O2S.C9H17NO2.C3H6O.C2H4O2.C2H6/c1-24(43(23-46-4)36(44)33(37-2)29-7-6-19-45-20-17-29)34-38-21-30(40-34)27-13-9-25(10-14-27)26-11-15-28(16-12-26)31-22-39-35(41-31)32-8-5-18-42(32)3;1-10-9(7-11)8-3-2-5-12-6-4-8;1-2-3-4;1-4-2-3;1-2/h9-16,21-22,24,29,32-33,37H,5-8,17-20,23H2,1-4H3,(H,38,40)(H,39,41);7-10H,2-6H2,1H3;3H,2H2,1H3;2H,1H3;1-2H3/t24-,29?,32?,33?;;;;/m1..../s1. The van der Waals surface area contributed by atoms with E-state index in [1.807, 2.05) is 58.4 Å². The van der Waals surface area contributed by atoms with Gasteiger partial charge in [0.25, 0.3) is 6.47 Å². The van der Waals surface area contributed by atoms with Gasteiger partial charge in [0.2, 0.25) is 5.91 Å². The van der Waals surface area contributed by atoms with E-state index in [0.29, 0.717) is 37.3 Å². The number of carbonyl (C=O) groups is 4. The highest BCUT2D eigenvalue weighted by molar-refractivity contribution is 7.98. The van der Waals surface area contributed by atoms with Crippen LogP contribution in [0, 0.1) is 11.8 Å². The minimum Gasteiger partial charge on any atom is -0.471 e. The number of hydrogen-bond acceptors (Lipinski definition) is 13. The maximum Gasteiger partial charge on any atom is 0.292 e. The van der Waals surface area contributed by atoms with Crippen LogP contribution in [0.15, 0.2) is 60.9 Å². The summed E-state index contributed by atoms with van der Waals surface area (Å²) >= 11 is 1.65. The molecule has 1 amide bonds. The SMILES string of the molecule is CC.CCC=O.CNC(C(=O)N(CSC)[C@H](C)c1ncc(-c2ccc(-c3ccc(-c4cnc(C5CCCN5C)[nH]4)cc3)cc2)[nH]1)C1CCCOCC1.CNC(C=O)C1CCCOCC1.COC=O. The van der Waals surface area contributed by atoms with Gasteiger partial charge in [0, 0.05) is 32.8 Å². The van der Waals surface area contributed by atoms with Crippen molar-refractivity contribution in [2.75, 3.05) is 73.4 Å². The zero-order valence-corrected chi connectivity index (χ0v) is 42.9. The van der Waals surface area contributed by atoms with Crippen LogP contribution in [0.5, 0.6) is 0 Å². The lowest BCUT2D eigenvalue weighted by Gasteiger charge is -2.34. The van der Waals surface area contributed by atoms with Crippen LogP contribution in [0.25, 0.3) is 33.6 Å². The molecule has 3 fully saturated rings. The van der Waals surface area contributed by atoms with Crippen LogP contribution in [0.4, 0.5) is 0 Å². The van der Waals surface area contributed by atoms with Gasteiger partial charge >= 0.3 is 0 Å². The van der Waals surface area contributed by atoms with Crippen LogP contribution in [0.3, 0.4) is 0 Å². The number of likely N-dealkylation sites (tertiary alicyclic amines) is 1. The Morgan fingerprint density at radius 2 is 1.35 bits per heavy atom. The Hall–Kier alpha value is -4.71. The lowest BCUT2D eigenvalue weighted by atomic mass is 9.91. The predicted octanol–water partition coefficient (Wildman–Crippen LogP) is 8.52. The summed E-state index contributed by atoms with van der Waals surface area (Å²) in [5.74, 6) is 3.30. The summed E-state index contributed by atoms with van der Waals surface area (Å²) in [6, 6.07) is 17.2. The van der Waals surface area contributed by atoms with Crippen molar-refractivity contribution in [1.82, 2.24) is 40.4 Å². The molecule has 376 valence electrons. The second-order valence-electron chi connectivity index (χ2n) is 16.8. The third-order valence-electron chi connectivity index (χ3n) is 12.5. The van der Waals surface area contributed by atoms with Crippen LogP contribution >= 0.6 is 11.8 Å². The van der Waals surface area contributed by atoms with E-state index in [2.05, 4.69) is 97.7 Å². The second kappa shape index (κ2) is 32.9. The first-order valence-electron chi connectivity index (χ1n) is 24.3. The number of nitrogens with one attached hydrogen (secondary N) is 4. The predicted molar refractivity (Wildman–Crippen MR) is 274 cm³/mol. The molecule has 3 aliphatic rings. The Labute approximate surface area is 410 Å². The third-order valence-corrected chi connectivity index (χ3v) is 13.0. The van der Waals surface area contributed by atoms with Gasteiger partial charge in [0.15, 0.2) is 0 Å². The zero-order chi connectivity index (χ0) is 49.7. The van der Waals surface area contributed by atoms with Gasteiger partial charge in [0.05, 0.1) is 60.9 Å². The molecule has 0 spiro atoms. The largest absolute Gasteiger partial charge is 0.471 e. The second-order valence-corrected chi connectivity index (χ2v) is 17.6. The normalized spacial score (nSPS) is 19.4. The lowest BCUT2D eigenvalue weighted by Crippen LogP contribution is -2.50. The highest BCUT2D eigenvalue weighted by atomic mass is 32.2. The molecule has 68 heavy (non-hydrogen) atoms. The fourth-order valence-corrected chi connectivity index (χ4v) is 9.27. The summed E-state index contributed by atoms with van der Waals surface area (Å²) in [5, 5.41) is 6.35. The van der Waals surface area contributed by atoms with Crippen LogP contribution in [-0.4, -0.2) is 140 Å². The van der Waals surface area contributed by atoms with E-state index in [9.17, 15) is 14.4 Å². The Kier molecular flexibility index (Phi) is 27.9. The maximum atomic E-state index is 13.9. The molecule has 5 unspecified atom stereocenters. The number of ether oxygens (including phenoxy) is 3. The van der Waals surface area contributed by atoms with Gasteiger partial charge in [-0.15, -0.1) is 11.8 Å². The Balaban J connectivity index is 0.000000462. The Bertz CT molecular complexity index is 1970. The first-order chi connectivity index (χ1) is 33.2. The van der Waals surface area contributed by atoms with Crippen molar-refractivity contribution in [1.29, 1.82) is 0 Å². The summed E-state index contributed by atoms with van der Waals surface area (Å²) in [6.45, 7) is 12.5. The van der Waals surface area contributed by atoms with Crippen LogP contribution in [0.2, 0.25) is 0 Å². The summed E-state index contributed by atoms with van der Waals surface area (Å²) in [5.41, 5.74) is 6.50. The van der Waals surface area contributed by atoms with Crippen LogP contribution < -0.4 is 10.6 Å². The van der Waals surface area contributed by atoms with E-state index >= 15 is 0 Å². The van der Waals surface area contributed by atoms with Gasteiger partial charge in [-0.2, -0.15) is 0 Å². The molecule has 0 saturated carbocycles. The van der Waals surface area contributed by atoms with Gasteiger partial charge in [-0.3, -0.25) is 14.5 Å². The van der Waals surface area contributed by atoms with Gasteiger partial charge in [-0.25, -0.2) is 9.97 Å². The topological polar surface area (TPSA) is 184 Å². The number of aldehydes is 2. The number of methoxy groups -OCH3 is 1.